The summed E-state index contributed by atoms with van der Waals surface area (Å²) in [7, 11) is 0. The quantitative estimate of drug-likeness (QED) is 0.779. The minimum Gasteiger partial charge on any atom is -0.294 e. The predicted molar refractivity (Wildman–Crippen MR) is 64.1 cm³/mol. The van der Waals surface area contributed by atoms with E-state index < -0.39 is 0 Å². The molecule has 0 N–H and O–H groups in total. The summed E-state index contributed by atoms with van der Waals surface area (Å²) in [5.74, 6) is 0. The Hall–Kier alpha value is -2.16. The lowest BCUT2D eigenvalue weighted by molar-refractivity contribution is 0.725. The highest BCUT2D eigenvalue weighted by Crippen LogP contribution is 2.02. The Balaban J connectivity index is 2.34. The van der Waals surface area contributed by atoms with Crippen molar-refractivity contribution in [3.8, 4) is 0 Å². The van der Waals surface area contributed by atoms with E-state index in [1.807, 2.05) is 30.3 Å². The zero-order chi connectivity index (χ0) is 11.4. The molecule has 0 spiro atoms. The maximum Gasteiger partial charge on any atom is 0.347 e. The Morgan fingerprint density at radius 2 is 2.06 bits per heavy atom. The van der Waals surface area contributed by atoms with E-state index in [0.717, 1.165) is 11.1 Å². The molecule has 0 atom stereocenters. The minimum atomic E-state index is -0.241. The summed E-state index contributed by atoms with van der Waals surface area (Å²) in [6, 6.07) is 9.81. The largest absolute Gasteiger partial charge is 0.347 e. The second-order valence-corrected chi connectivity index (χ2v) is 3.49. The highest BCUT2D eigenvalue weighted by atomic mass is 16.1. The van der Waals surface area contributed by atoms with Gasteiger partial charge in [0, 0.05) is 18.0 Å². The molecule has 80 valence electrons. The van der Waals surface area contributed by atoms with Gasteiger partial charge < -0.3 is 0 Å². The summed E-state index contributed by atoms with van der Waals surface area (Å²) in [5, 5.41) is 0. The van der Waals surface area contributed by atoms with Gasteiger partial charge in [-0.25, -0.2) is 9.78 Å². The van der Waals surface area contributed by atoms with Gasteiger partial charge in [0.05, 0.1) is 6.54 Å². The molecule has 2 rings (SSSR count). The first-order valence-electron chi connectivity index (χ1n) is 5.02. The molecule has 0 saturated carbocycles. The maximum absolute atomic E-state index is 11.5. The van der Waals surface area contributed by atoms with Gasteiger partial charge in [0.25, 0.3) is 0 Å². The van der Waals surface area contributed by atoms with Crippen LogP contribution in [0.3, 0.4) is 0 Å². The normalized spacial score (nSPS) is 10.0. The lowest BCUT2D eigenvalue weighted by atomic mass is 10.2. The van der Waals surface area contributed by atoms with Crippen LogP contribution >= 0.6 is 0 Å². The van der Waals surface area contributed by atoms with Crippen molar-refractivity contribution in [3.63, 3.8) is 0 Å². The molecule has 0 saturated heterocycles. The Bertz CT molecular complexity index is 543. The van der Waals surface area contributed by atoms with Gasteiger partial charge in [0.1, 0.15) is 0 Å². The molecule has 16 heavy (non-hydrogen) atoms. The Morgan fingerprint density at radius 1 is 1.31 bits per heavy atom. The van der Waals surface area contributed by atoms with Crippen molar-refractivity contribution < 1.29 is 0 Å². The van der Waals surface area contributed by atoms with Gasteiger partial charge in [-0.3, -0.25) is 4.57 Å². The molecule has 0 fully saturated rings. The van der Waals surface area contributed by atoms with Crippen molar-refractivity contribution >= 4 is 6.08 Å². The summed E-state index contributed by atoms with van der Waals surface area (Å²) in [6.07, 6.45) is 4.96. The van der Waals surface area contributed by atoms with E-state index in [1.165, 1.54) is 6.20 Å². The molecule has 3 nitrogen and oxygen atoms in total. The highest BCUT2D eigenvalue weighted by molar-refractivity contribution is 5.43. The SMILES string of the molecule is C=Cc1cnc(=O)n(Cc2ccccc2)c1. The van der Waals surface area contributed by atoms with Crippen LogP contribution in [0.4, 0.5) is 0 Å². The number of rotatable bonds is 3. The van der Waals surface area contributed by atoms with Crippen LogP contribution in [0.5, 0.6) is 0 Å². The maximum atomic E-state index is 11.5. The fraction of sp³-hybridized carbons (Fsp3) is 0.0769. The van der Waals surface area contributed by atoms with Gasteiger partial charge in [-0.05, 0) is 5.56 Å². The molecule has 0 aliphatic rings. The van der Waals surface area contributed by atoms with E-state index in [2.05, 4.69) is 11.6 Å². The Labute approximate surface area is 93.7 Å². The van der Waals surface area contributed by atoms with Gasteiger partial charge in [0.15, 0.2) is 0 Å². The molecule has 0 amide bonds. The second-order valence-electron chi connectivity index (χ2n) is 3.49. The van der Waals surface area contributed by atoms with E-state index in [-0.39, 0.29) is 5.69 Å². The van der Waals surface area contributed by atoms with Crippen molar-refractivity contribution in [3.05, 3.63) is 70.9 Å². The third kappa shape index (κ3) is 2.25. The third-order valence-corrected chi connectivity index (χ3v) is 2.31. The summed E-state index contributed by atoms with van der Waals surface area (Å²) in [5.41, 5.74) is 1.68. The van der Waals surface area contributed by atoms with Crippen LogP contribution in [-0.4, -0.2) is 9.55 Å². The summed E-state index contributed by atoms with van der Waals surface area (Å²) < 4.78 is 1.58. The van der Waals surface area contributed by atoms with Crippen molar-refractivity contribution in [2.45, 2.75) is 6.54 Å². The lowest BCUT2D eigenvalue weighted by Crippen LogP contribution is -2.22. The van der Waals surface area contributed by atoms with Crippen LogP contribution in [0.2, 0.25) is 0 Å². The average Bonchev–Trinajstić information content (AvgIpc) is 2.33. The molecule has 2 aromatic rings. The Kier molecular flexibility index (Phi) is 2.96. The van der Waals surface area contributed by atoms with Crippen LogP contribution in [0.1, 0.15) is 11.1 Å². The molecule has 0 bridgehead atoms. The van der Waals surface area contributed by atoms with Crippen LogP contribution in [0.25, 0.3) is 6.08 Å². The number of nitrogens with zero attached hydrogens (tertiary/aromatic N) is 2. The van der Waals surface area contributed by atoms with Crippen molar-refractivity contribution in [2.75, 3.05) is 0 Å². The van der Waals surface area contributed by atoms with E-state index in [4.69, 9.17) is 0 Å². The van der Waals surface area contributed by atoms with Gasteiger partial charge in [0.2, 0.25) is 0 Å². The van der Waals surface area contributed by atoms with Crippen LogP contribution in [-0.2, 0) is 6.54 Å². The standard InChI is InChI=1S/C13H12N2O/c1-2-11-8-14-13(16)15(9-11)10-12-6-4-3-5-7-12/h2-9H,1,10H2. The summed E-state index contributed by atoms with van der Waals surface area (Å²) in [6.45, 7) is 4.19. The molecule has 3 heteroatoms. The minimum absolute atomic E-state index is 0.241. The summed E-state index contributed by atoms with van der Waals surface area (Å²) in [4.78, 5) is 15.3. The fourth-order valence-electron chi connectivity index (χ4n) is 1.47. The second kappa shape index (κ2) is 4.57. The van der Waals surface area contributed by atoms with Crippen LogP contribution in [0.15, 0.2) is 54.1 Å². The van der Waals surface area contributed by atoms with Crippen molar-refractivity contribution in [1.29, 1.82) is 0 Å². The molecule has 0 aliphatic heterocycles. The first kappa shape index (κ1) is 10.4. The number of hydrogen-bond donors (Lipinski definition) is 0. The number of hydrogen-bond acceptors (Lipinski definition) is 2. The van der Waals surface area contributed by atoms with Gasteiger partial charge in [-0.2, -0.15) is 0 Å². The van der Waals surface area contributed by atoms with E-state index >= 15 is 0 Å². The van der Waals surface area contributed by atoms with Gasteiger partial charge >= 0.3 is 5.69 Å². The molecular formula is C13H12N2O. The van der Waals surface area contributed by atoms with Crippen molar-refractivity contribution in [1.82, 2.24) is 9.55 Å². The number of benzene rings is 1. The Morgan fingerprint density at radius 3 is 2.75 bits per heavy atom. The molecule has 1 aromatic carbocycles. The van der Waals surface area contributed by atoms with Gasteiger partial charge in [-0.1, -0.05) is 43.0 Å². The molecule has 0 radical (unpaired) electrons. The third-order valence-electron chi connectivity index (χ3n) is 2.31. The zero-order valence-corrected chi connectivity index (χ0v) is 8.84. The molecule has 0 aliphatic carbocycles. The monoisotopic (exact) mass is 212 g/mol. The van der Waals surface area contributed by atoms with Gasteiger partial charge in [-0.15, -0.1) is 0 Å². The zero-order valence-electron chi connectivity index (χ0n) is 8.84. The van der Waals surface area contributed by atoms with E-state index in [1.54, 1.807) is 16.8 Å². The average molecular weight is 212 g/mol. The highest BCUT2D eigenvalue weighted by Gasteiger charge is 1.98. The number of aromatic nitrogens is 2. The molecule has 1 heterocycles. The van der Waals surface area contributed by atoms with Crippen molar-refractivity contribution in [2.24, 2.45) is 0 Å². The molecule has 1 aromatic heterocycles. The molecular weight excluding hydrogens is 200 g/mol. The first-order chi connectivity index (χ1) is 7.79. The van der Waals surface area contributed by atoms with E-state index in [0.29, 0.717) is 6.54 Å². The van der Waals surface area contributed by atoms with Crippen LogP contribution < -0.4 is 5.69 Å². The lowest BCUT2D eigenvalue weighted by Gasteiger charge is -2.05. The smallest absolute Gasteiger partial charge is 0.294 e. The van der Waals surface area contributed by atoms with E-state index in [9.17, 15) is 4.79 Å². The fourth-order valence-corrected chi connectivity index (χ4v) is 1.47. The van der Waals surface area contributed by atoms with Crippen LogP contribution in [0, 0.1) is 0 Å². The first-order valence-corrected chi connectivity index (χ1v) is 5.02. The predicted octanol–water partition coefficient (Wildman–Crippen LogP) is 1.93. The summed E-state index contributed by atoms with van der Waals surface area (Å²) >= 11 is 0. The molecule has 0 unspecified atom stereocenters. The topological polar surface area (TPSA) is 34.9 Å².